The van der Waals surface area contributed by atoms with Crippen LogP contribution >= 0.6 is 0 Å². The number of benzene rings is 2. The van der Waals surface area contributed by atoms with Crippen LogP contribution in [0.3, 0.4) is 0 Å². The fourth-order valence-electron chi connectivity index (χ4n) is 2.33. The van der Waals surface area contributed by atoms with Crippen LogP contribution in [0.5, 0.6) is 5.75 Å². The van der Waals surface area contributed by atoms with Gasteiger partial charge in [0, 0.05) is 5.56 Å². The van der Waals surface area contributed by atoms with Crippen molar-refractivity contribution < 1.29 is 5.11 Å². The van der Waals surface area contributed by atoms with E-state index in [0.29, 0.717) is 11.7 Å². The summed E-state index contributed by atoms with van der Waals surface area (Å²) in [5, 5.41) is 10.0. The molecule has 0 aliphatic carbocycles. The second-order valence-corrected chi connectivity index (χ2v) is 4.94. The summed E-state index contributed by atoms with van der Waals surface area (Å²) in [4.78, 5) is 0. The Morgan fingerprint density at radius 2 is 1.67 bits per heavy atom. The maximum Gasteiger partial charge on any atom is 0.119 e. The molecule has 0 amide bonds. The van der Waals surface area contributed by atoms with Gasteiger partial charge in [-0.3, -0.25) is 0 Å². The smallest absolute Gasteiger partial charge is 0.119 e. The average molecular weight is 240 g/mol. The summed E-state index contributed by atoms with van der Waals surface area (Å²) in [7, 11) is 0. The molecule has 0 saturated carbocycles. The van der Waals surface area contributed by atoms with E-state index in [9.17, 15) is 5.11 Å². The molecule has 2 aromatic carbocycles. The van der Waals surface area contributed by atoms with Crippen molar-refractivity contribution in [2.24, 2.45) is 0 Å². The third kappa shape index (κ3) is 2.40. The lowest BCUT2D eigenvalue weighted by atomic mass is 9.91. The quantitative estimate of drug-likeness (QED) is 0.821. The Morgan fingerprint density at radius 3 is 2.22 bits per heavy atom. The molecule has 18 heavy (non-hydrogen) atoms. The molecule has 1 nitrogen and oxygen atoms in total. The van der Waals surface area contributed by atoms with Crippen LogP contribution in [0.4, 0.5) is 0 Å². The molecule has 94 valence electrons. The average Bonchev–Trinajstić information content (AvgIpc) is 2.38. The molecule has 0 aliphatic heterocycles. The highest BCUT2D eigenvalue weighted by molar-refractivity contribution is 5.70. The van der Waals surface area contributed by atoms with E-state index in [1.807, 2.05) is 6.07 Å². The van der Waals surface area contributed by atoms with Crippen molar-refractivity contribution >= 4 is 0 Å². The number of phenolic OH excluding ortho intramolecular Hbond substituents is 1. The first kappa shape index (κ1) is 12.7. The van der Waals surface area contributed by atoms with Gasteiger partial charge in [0.15, 0.2) is 0 Å². The molecule has 2 aromatic rings. The Kier molecular flexibility index (Phi) is 3.71. The SMILES string of the molecule is CCc1ccc(-c2cccc(O)c2C(C)C)cc1. The number of phenols is 1. The number of aryl methyl sites for hydroxylation is 1. The molecule has 0 radical (unpaired) electrons. The molecular formula is C17H20O. The largest absolute Gasteiger partial charge is 0.508 e. The van der Waals surface area contributed by atoms with Crippen LogP contribution < -0.4 is 0 Å². The van der Waals surface area contributed by atoms with Crippen molar-refractivity contribution in [1.82, 2.24) is 0 Å². The van der Waals surface area contributed by atoms with E-state index in [1.54, 1.807) is 6.07 Å². The van der Waals surface area contributed by atoms with Crippen LogP contribution in [0.2, 0.25) is 0 Å². The van der Waals surface area contributed by atoms with Gasteiger partial charge in [0.2, 0.25) is 0 Å². The molecule has 0 unspecified atom stereocenters. The predicted molar refractivity (Wildman–Crippen MR) is 77.0 cm³/mol. The minimum Gasteiger partial charge on any atom is -0.508 e. The Bertz CT molecular complexity index is 524. The first-order valence-electron chi connectivity index (χ1n) is 6.54. The van der Waals surface area contributed by atoms with E-state index in [-0.39, 0.29) is 0 Å². The second-order valence-electron chi connectivity index (χ2n) is 4.94. The highest BCUT2D eigenvalue weighted by atomic mass is 16.3. The predicted octanol–water partition coefficient (Wildman–Crippen LogP) is 4.75. The van der Waals surface area contributed by atoms with Crippen molar-refractivity contribution in [2.45, 2.75) is 33.1 Å². The molecule has 1 heteroatoms. The van der Waals surface area contributed by atoms with Crippen LogP contribution in [-0.4, -0.2) is 5.11 Å². The molecule has 0 aromatic heterocycles. The van der Waals surface area contributed by atoms with Gasteiger partial charge in [0.25, 0.3) is 0 Å². The zero-order valence-corrected chi connectivity index (χ0v) is 11.3. The minimum absolute atomic E-state index is 0.312. The van der Waals surface area contributed by atoms with Crippen molar-refractivity contribution in [1.29, 1.82) is 0 Å². The van der Waals surface area contributed by atoms with Gasteiger partial charge in [-0.2, -0.15) is 0 Å². The van der Waals surface area contributed by atoms with Gasteiger partial charge in [0.05, 0.1) is 0 Å². The van der Waals surface area contributed by atoms with Crippen LogP contribution in [-0.2, 0) is 6.42 Å². The van der Waals surface area contributed by atoms with E-state index in [1.165, 1.54) is 11.1 Å². The summed E-state index contributed by atoms with van der Waals surface area (Å²) >= 11 is 0. The zero-order valence-electron chi connectivity index (χ0n) is 11.3. The molecular weight excluding hydrogens is 220 g/mol. The maximum absolute atomic E-state index is 10.0. The summed E-state index contributed by atoms with van der Waals surface area (Å²) in [6, 6.07) is 14.3. The van der Waals surface area contributed by atoms with Crippen LogP contribution in [0.1, 0.15) is 37.8 Å². The first-order valence-corrected chi connectivity index (χ1v) is 6.54. The maximum atomic E-state index is 10.0. The number of hydrogen-bond acceptors (Lipinski definition) is 1. The summed E-state index contributed by atoms with van der Waals surface area (Å²) in [5.74, 6) is 0.703. The Labute approximate surface area is 109 Å². The highest BCUT2D eigenvalue weighted by Crippen LogP contribution is 2.35. The molecule has 0 heterocycles. The van der Waals surface area contributed by atoms with Gasteiger partial charge < -0.3 is 5.11 Å². The second kappa shape index (κ2) is 5.26. The third-order valence-corrected chi connectivity index (χ3v) is 3.33. The summed E-state index contributed by atoms with van der Waals surface area (Å²) in [6.07, 6.45) is 1.05. The molecule has 1 N–H and O–H groups in total. The van der Waals surface area contributed by atoms with E-state index in [4.69, 9.17) is 0 Å². The highest BCUT2D eigenvalue weighted by Gasteiger charge is 2.12. The normalized spacial score (nSPS) is 10.9. The molecule has 0 aliphatic rings. The number of hydrogen-bond donors (Lipinski definition) is 1. The Balaban J connectivity index is 2.52. The van der Waals surface area contributed by atoms with Gasteiger partial charge in [0.1, 0.15) is 5.75 Å². The summed E-state index contributed by atoms with van der Waals surface area (Å²) < 4.78 is 0. The van der Waals surface area contributed by atoms with Crippen molar-refractivity contribution in [2.75, 3.05) is 0 Å². The van der Waals surface area contributed by atoms with E-state index in [0.717, 1.165) is 17.5 Å². The Hall–Kier alpha value is -1.76. The molecule has 2 rings (SSSR count). The van der Waals surface area contributed by atoms with Gasteiger partial charge in [-0.15, -0.1) is 0 Å². The molecule has 0 atom stereocenters. The lowest BCUT2D eigenvalue weighted by Crippen LogP contribution is -1.93. The molecule has 0 fully saturated rings. The van der Waals surface area contributed by atoms with Crippen molar-refractivity contribution in [3.63, 3.8) is 0 Å². The number of rotatable bonds is 3. The monoisotopic (exact) mass is 240 g/mol. The summed E-state index contributed by atoms with van der Waals surface area (Å²) in [5.41, 5.74) is 4.67. The summed E-state index contributed by atoms with van der Waals surface area (Å²) in [6.45, 7) is 6.38. The fraction of sp³-hybridized carbons (Fsp3) is 0.294. The first-order chi connectivity index (χ1) is 8.63. The van der Waals surface area contributed by atoms with Gasteiger partial charge in [-0.1, -0.05) is 57.2 Å². The Morgan fingerprint density at radius 1 is 1.00 bits per heavy atom. The molecule has 0 bridgehead atoms. The van der Waals surface area contributed by atoms with Gasteiger partial charge in [-0.05, 0) is 35.1 Å². The minimum atomic E-state index is 0.312. The topological polar surface area (TPSA) is 20.2 Å². The van der Waals surface area contributed by atoms with Crippen LogP contribution in [0, 0.1) is 0 Å². The lowest BCUT2D eigenvalue weighted by Gasteiger charge is -2.15. The van der Waals surface area contributed by atoms with E-state index < -0.39 is 0 Å². The molecule has 0 saturated heterocycles. The van der Waals surface area contributed by atoms with E-state index in [2.05, 4.69) is 51.1 Å². The third-order valence-electron chi connectivity index (χ3n) is 3.33. The lowest BCUT2D eigenvalue weighted by molar-refractivity contribution is 0.465. The van der Waals surface area contributed by atoms with E-state index >= 15 is 0 Å². The zero-order chi connectivity index (χ0) is 13.1. The van der Waals surface area contributed by atoms with Gasteiger partial charge in [-0.25, -0.2) is 0 Å². The van der Waals surface area contributed by atoms with Crippen LogP contribution in [0.15, 0.2) is 42.5 Å². The standard InChI is InChI=1S/C17H20O/c1-4-13-8-10-14(11-9-13)15-6-5-7-16(18)17(15)12(2)3/h5-12,18H,4H2,1-3H3. The molecule has 0 spiro atoms. The van der Waals surface area contributed by atoms with Crippen molar-refractivity contribution in [3.05, 3.63) is 53.6 Å². The fourth-order valence-corrected chi connectivity index (χ4v) is 2.33. The van der Waals surface area contributed by atoms with Crippen LogP contribution in [0.25, 0.3) is 11.1 Å². The number of aromatic hydroxyl groups is 1. The van der Waals surface area contributed by atoms with Gasteiger partial charge >= 0.3 is 0 Å². The van der Waals surface area contributed by atoms with Crippen molar-refractivity contribution in [3.8, 4) is 16.9 Å².